The number of furan rings is 1. The van der Waals surface area contributed by atoms with Crippen LogP contribution in [0.4, 0.5) is 0 Å². The van der Waals surface area contributed by atoms with Crippen molar-refractivity contribution >= 4 is 0 Å². The second-order valence-corrected chi connectivity index (χ2v) is 3.06. The Labute approximate surface area is 84.5 Å². The van der Waals surface area contributed by atoms with Crippen molar-refractivity contribution in [2.24, 2.45) is 5.73 Å². The average Bonchev–Trinajstić information content (AvgIpc) is 2.65. The Kier molecular flexibility index (Phi) is 5.04. The molecule has 0 aliphatic heterocycles. The van der Waals surface area contributed by atoms with Gasteiger partial charge in [-0.25, -0.2) is 0 Å². The largest absolute Gasteiger partial charge is 0.468 e. The molecule has 0 aliphatic rings. The van der Waals surface area contributed by atoms with Gasteiger partial charge in [0.2, 0.25) is 0 Å². The van der Waals surface area contributed by atoms with Crippen molar-refractivity contribution in [2.75, 3.05) is 6.61 Å². The van der Waals surface area contributed by atoms with E-state index in [4.69, 9.17) is 14.9 Å². The van der Waals surface area contributed by atoms with Gasteiger partial charge in [-0.05, 0) is 18.9 Å². The highest BCUT2D eigenvalue weighted by atomic mass is 16.5. The summed E-state index contributed by atoms with van der Waals surface area (Å²) in [5.41, 5.74) is 6.53. The summed E-state index contributed by atoms with van der Waals surface area (Å²) in [6, 6.07) is 1.90. The van der Waals surface area contributed by atoms with E-state index in [1.807, 2.05) is 12.1 Å². The quantitative estimate of drug-likeness (QED) is 0.536. The first-order valence-electron chi connectivity index (χ1n) is 4.82. The third kappa shape index (κ3) is 3.36. The number of rotatable bonds is 7. The highest BCUT2D eigenvalue weighted by Crippen LogP contribution is 2.10. The van der Waals surface area contributed by atoms with E-state index in [0.717, 1.165) is 30.8 Å². The molecule has 0 amide bonds. The molecule has 3 nitrogen and oxygen atoms in total. The maximum atomic E-state index is 5.48. The molecular weight excluding hydrogens is 178 g/mol. The lowest BCUT2D eigenvalue weighted by atomic mass is 10.2. The molecule has 0 aromatic carbocycles. The second-order valence-electron chi connectivity index (χ2n) is 3.06. The number of hydrogen-bond acceptors (Lipinski definition) is 3. The van der Waals surface area contributed by atoms with Crippen LogP contribution in [-0.4, -0.2) is 6.61 Å². The van der Waals surface area contributed by atoms with Crippen molar-refractivity contribution in [1.82, 2.24) is 0 Å². The van der Waals surface area contributed by atoms with E-state index in [9.17, 15) is 0 Å². The molecule has 0 unspecified atom stereocenters. The first-order valence-corrected chi connectivity index (χ1v) is 4.82. The lowest BCUT2D eigenvalue weighted by Gasteiger charge is -2.02. The molecule has 0 atom stereocenters. The fourth-order valence-electron chi connectivity index (χ4n) is 1.19. The predicted molar refractivity (Wildman–Crippen MR) is 55.7 cm³/mol. The van der Waals surface area contributed by atoms with Gasteiger partial charge in [-0.15, -0.1) is 6.58 Å². The topological polar surface area (TPSA) is 48.4 Å². The van der Waals surface area contributed by atoms with Crippen LogP contribution in [0.1, 0.15) is 24.2 Å². The number of hydrogen-bond donors (Lipinski definition) is 1. The maximum absolute atomic E-state index is 5.48. The van der Waals surface area contributed by atoms with Crippen molar-refractivity contribution < 1.29 is 9.15 Å². The minimum atomic E-state index is 0.429. The SMILES string of the molecule is C=CCCCOCc1ccoc1CN. The monoisotopic (exact) mass is 195 g/mol. The fraction of sp³-hybridized carbons (Fsp3) is 0.455. The van der Waals surface area contributed by atoms with Crippen LogP contribution in [0.2, 0.25) is 0 Å². The van der Waals surface area contributed by atoms with Crippen LogP contribution >= 0.6 is 0 Å². The molecule has 0 saturated carbocycles. The Morgan fingerprint density at radius 2 is 2.43 bits per heavy atom. The third-order valence-corrected chi connectivity index (χ3v) is 1.98. The van der Waals surface area contributed by atoms with E-state index in [2.05, 4.69) is 6.58 Å². The molecule has 1 heterocycles. The minimum absolute atomic E-state index is 0.429. The maximum Gasteiger partial charge on any atom is 0.122 e. The number of unbranched alkanes of at least 4 members (excludes halogenated alkanes) is 1. The standard InChI is InChI=1S/C11H17NO2/c1-2-3-4-6-13-9-10-5-7-14-11(10)8-12/h2,5,7H,1,3-4,6,8-9,12H2. The summed E-state index contributed by atoms with van der Waals surface area (Å²) in [4.78, 5) is 0. The van der Waals surface area contributed by atoms with Crippen molar-refractivity contribution in [2.45, 2.75) is 26.0 Å². The summed E-state index contributed by atoms with van der Waals surface area (Å²) in [5.74, 6) is 0.814. The van der Waals surface area contributed by atoms with Gasteiger partial charge in [-0.2, -0.15) is 0 Å². The van der Waals surface area contributed by atoms with Crippen LogP contribution < -0.4 is 5.73 Å². The summed E-state index contributed by atoms with van der Waals surface area (Å²) in [5, 5.41) is 0. The van der Waals surface area contributed by atoms with E-state index in [0.29, 0.717) is 13.2 Å². The summed E-state index contributed by atoms with van der Waals surface area (Å²) < 4.78 is 10.6. The normalized spacial score (nSPS) is 10.4. The van der Waals surface area contributed by atoms with Crippen LogP contribution in [0.25, 0.3) is 0 Å². The minimum Gasteiger partial charge on any atom is -0.468 e. The van der Waals surface area contributed by atoms with Crippen LogP contribution in [0.5, 0.6) is 0 Å². The fourth-order valence-corrected chi connectivity index (χ4v) is 1.19. The molecule has 14 heavy (non-hydrogen) atoms. The van der Waals surface area contributed by atoms with Gasteiger partial charge in [0.15, 0.2) is 0 Å². The number of ether oxygens (including phenoxy) is 1. The third-order valence-electron chi connectivity index (χ3n) is 1.98. The van der Waals surface area contributed by atoms with Gasteiger partial charge >= 0.3 is 0 Å². The molecule has 78 valence electrons. The Balaban J connectivity index is 2.20. The molecule has 3 heteroatoms. The van der Waals surface area contributed by atoms with E-state index in [-0.39, 0.29) is 0 Å². The molecule has 1 rings (SSSR count). The van der Waals surface area contributed by atoms with Crippen molar-refractivity contribution in [3.05, 3.63) is 36.3 Å². The zero-order chi connectivity index (χ0) is 10.2. The number of nitrogens with two attached hydrogens (primary N) is 1. The Morgan fingerprint density at radius 1 is 1.57 bits per heavy atom. The summed E-state index contributed by atoms with van der Waals surface area (Å²) in [7, 11) is 0. The van der Waals surface area contributed by atoms with E-state index in [1.165, 1.54) is 0 Å². The highest BCUT2D eigenvalue weighted by Gasteiger charge is 2.03. The molecule has 0 saturated heterocycles. The predicted octanol–water partition coefficient (Wildman–Crippen LogP) is 2.22. The molecule has 0 spiro atoms. The van der Waals surface area contributed by atoms with Gasteiger partial charge in [0.25, 0.3) is 0 Å². The van der Waals surface area contributed by atoms with E-state index >= 15 is 0 Å². The van der Waals surface area contributed by atoms with Gasteiger partial charge in [0.05, 0.1) is 19.4 Å². The van der Waals surface area contributed by atoms with Gasteiger partial charge < -0.3 is 14.9 Å². The zero-order valence-electron chi connectivity index (χ0n) is 8.37. The van der Waals surface area contributed by atoms with Gasteiger partial charge in [-0.3, -0.25) is 0 Å². The average molecular weight is 195 g/mol. The molecule has 0 aliphatic carbocycles. The summed E-state index contributed by atoms with van der Waals surface area (Å²) in [6.45, 7) is 5.41. The number of allylic oxidation sites excluding steroid dienone is 1. The summed E-state index contributed by atoms with van der Waals surface area (Å²) >= 11 is 0. The van der Waals surface area contributed by atoms with Crippen molar-refractivity contribution in [3.63, 3.8) is 0 Å². The van der Waals surface area contributed by atoms with Gasteiger partial charge in [-0.1, -0.05) is 6.08 Å². The molecule has 2 N–H and O–H groups in total. The molecule has 1 aromatic rings. The molecule has 0 bridgehead atoms. The van der Waals surface area contributed by atoms with Crippen LogP contribution in [0, 0.1) is 0 Å². The molecule has 1 aromatic heterocycles. The first kappa shape index (κ1) is 11.0. The van der Waals surface area contributed by atoms with E-state index < -0.39 is 0 Å². The lowest BCUT2D eigenvalue weighted by molar-refractivity contribution is 0.118. The zero-order valence-corrected chi connectivity index (χ0v) is 8.37. The Bertz CT molecular complexity index is 268. The Morgan fingerprint density at radius 3 is 3.14 bits per heavy atom. The van der Waals surface area contributed by atoms with Crippen LogP contribution in [0.15, 0.2) is 29.4 Å². The molecule has 0 radical (unpaired) electrons. The van der Waals surface area contributed by atoms with Crippen LogP contribution in [-0.2, 0) is 17.9 Å². The van der Waals surface area contributed by atoms with Crippen molar-refractivity contribution in [3.8, 4) is 0 Å². The molecule has 0 fully saturated rings. The first-order chi connectivity index (χ1) is 6.88. The van der Waals surface area contributed by atoms with Gasteiger partial charge in [0.1, 0.15) is 5.76 Å². The lowest BCUT2D eigenvalue weighted by Crippen LogP contribution is -2.01. The molecular formula is C11H17NO2. The van der Waals surface area contributed by atoms with Crippen LogP contribution in [0.3, 0.4) is 0 Å². The van der Waals surface area contributed by atoms with Gasteiger partial charge in [0, 0.05) is 12.2 Å². The smallest absolute Gasteiger partial charge is 0.122 e. The van der Waals surface area contributed by atoms with Crippen molar-refractivity contribution in [1.29, 1.82) is 0 Å². The summed E-state index contributed by atoms with van der Waals surface area (Å²) in [6.07, 6.45) is 5.55. The Hall–Kier alpha value is -1.06. The second kappa shape index (κ2) is 6.40. The van der Waals surface area contributed by atoms with E-state index in [1.54, 1.807) is 6.26 Å². The highest BCUT2D eigenvalue weighted by molar-refractivity contribution is 5.15.